The average molecular weight is 280 g/mol. The number of hydrogen-bond donors (Lipinski definition) is 0. The highest BCUT2D eigenvalue weighted by Crippen LogP contribution is 2.31. The lowest BCUT2D eigenvalue weighted by atomic mass is 10.1. The molecule has 2 rings (SSSR count). The lowest BCUT2D eigenvalue weighted by Gasteiger charge is -2.10. The van der Waals surface area contributed by atoms with Gasteiger partial charge < -0.3 is 4.74 Å². The highest BCUT2D eigenvalue weighted by atomic mass is 19.4. The molecule has 0 amide bonds. The summed E-state index contributed by atoms with van der Waals surface area (Å²) in [5.41, 5.74) is 0.457. The van der Waals surface area contributed by atoms with Gasteiger partial charge in [0.1, 0.15) is 18.6 Å². The molecular formula is C15H11F3O2. The van der Waals surface area contributed by atoms with Crippen LogP contribution in [0.2, 0.25) is 0 Å². The largest absolute Gasteiger partial charge is 0.489 e. The minimum absolute atomic E-state index is 0.100. The maximum absolute atomic E-state index is 12.5. The van der Waals surface area contributed by atoms with Gasteiger partial charge in [-0.05, 0) is 29.8 Å². The van der Waals surface area contributed by atoms with E-state index < -0.39 is 11.7 Å². The molecule has 0 atom stereocenters. The van der Waals surface area contributed by atoms with Crippen molar-refractivity contribution in [1.82, 2.24) is 0 Å². The van der Waals surface area contributed by atoms with Crippen molar-refractivity contribution in [3.05, 3.63) is 65.2 Å². The molecule has 104 valence electrons. The summed E-state index contributed by atoms with van der Waals surface area (Å²) >= 11 is 0. The first kappa shape index (κ1) is 14.1. The molecule has 0 aliphatic carbocycles. The summed E-state index contributed by atoms with van der Waals surface area (Å²) in [5, 5.41) is 0. The molecular weight excluding hydrogens is 269 g/mol. The molecule has 20 heavy (non-hydrogen) atoms. The maximum Gasteiger partial charge on any atom is 0.416 e. The van der Waals surface area contributed by atoms with Crippen LogP contribution in [0.3, 0.4) is 0 Å². The third-order valence-electron chi connectivity index (χ3n) is 2.65. The van der Waals surface area contributed by atoms with E-state index in [0.717, 1.165) is 12.1 Å². The number of alkyl halides is 3. The second-order valence-electron chi connectivity index (χ2n) is 4.18. The van der Waals surface area contributed by atoms with Gasteiger partial charge in [-0.3, -0.25) is 4.79 Å². The fourth-order valence-electron chi connectivity index (χ4n) is 1.69. The van der Waals surface area contributed by atoms with E-state index in [0.29, 0.717) is 17.4 Å². The Labute approximate surface area is 113 Å². The first-order valence-electron chi connectivity index (χ1n) is 5.83. The summed E-state index contributed by atoms with van der Waals surface area (Å²) in [5.74, 6) is 0.135. The van der Waals surface area contributed by atoms with E-state index in [1.165, 1.54) is 12.1 Å². The van der Waals surface area contributed by atoms with Crippen molar-refractivity contribution in [1.29, 1.82) is 0 Å². The number of rotatable bonds is 4. The Morgan fingerprint density at radius 3 is 2.50 bits per heavy atom. The molecule has 0 saturated carbocycles. The zero-order valence-corrected chi connectivity index (χ0v) is 10.4. The smallest absolute Gasteiger partial charge is 0.416 e. The van der Waals surface area contributed by atoms with Crippen LogP contribution in [0.15, 0.2) is 48.5 Å². The Balaban J connectivity index is 2.09. The van der Waals surface area contributed by atoms with Gasteiger partial charge >= 0.3 is 6.18 Å². The molecule has 2 aromatic rings. The Kier molecular flexibility index (Phi) is 4.08. The van der Waals surface area contributed by atoms with Crippen molar-refractivity contribution in [3.63, 3.8) is 0 Å². The van der Waals surface area contributed by atoms with E-state index in [1.807, 2.05) is 0 Å². The summed E-state index contributed by atoms with van der Waals surface area (Å²) in [7, 11) is 0. The summed E-state index contributed by atoms with van der Waals surface area (Å²) < 4.78 is 42.9. The first-order chi connectivity index (χ1) is 9.49. The van der Waals surface area contributed by atoms with Crippen molar-refractivity contribution in [2.75, 3.05) is 0 Å². The Morgan fingerprint density at radius 1 is 1.05 bits per heavy atom. The van der Waals surface area contributed by atoms with Gasteiger partial charge in [-0.2, -0.15) is 13.2 Å². The number of halogens is 3. The van der Waals surface area contributed by atoms with E-state index >= 15 is 0 Å². The van der Waals surface area contributed by atoms with Crippen molar-refractivity contribution < 1.29 is 22.7 Å². The fraction of sp³-hybridized carbons (Fsp3) is 0.133. The predicted octanol–water partition coefficient (Wildman–Crippen LogP) is 4.10. The molecule has 0 bridgehead atoms. The molecule has 0 fully saturated rings. The van der Waals surface area contributed by atoms with Gasteiger partial charge in [0.2, 0.25) is 0 Å². The van der Waals surface area contributed by atoms with Crippen LogP contribution in [0.1, 0.15) is 21.5 Å². The zero-order valence-electron chi connectivity index (χ0n) is 10.4. The van der Waals surface area contributed by atoms with Crippen LogP contribution >= 0.6 is 0 Å². The zero-order chi connectivity index (χ0) is 14.6. The number of benzene rings is 2. The summed E-state index contributed by atoms with van der Waals surface area (Å²) in [4.78, 5) is 10.6. The van der Waals surface area contributed by atoms with Crippen molar-refractivity contribution in [2.45, 2.75) is 12.8 Å². The Morgan fingerprint density at radius 2 is 1.80 bits per heavy atom. The van der Waals surface area contributed by atoms with Crippen molar-refractivity contribution in [3.8, 4) is 5.75 Å². The van der Waals surface area contributed by atoms with Crippen molar-refractivity contribution in [2.24, 2.45) is 0 Å². The fourth-order valence-corrected chi connectivity index (χ4v) is 1.69. The van der Waals surface area contributed by atoms with Gasteiger partial charge in [-0.25, -0.2) is 0 Å². The monoisotopic (exact) mass is 280 g/mol. The molecule has 2 nitrogen and oxygen atoms in total. The number of carbonyl (C=O) groups excluding carboxylic acids is 1. The highest BCUT2D eigenvalue weighted by Gasteiger charge is 2.30. The Bertz CT molecular complexity index is 606. The molecule has 0 heterocycles. The molecule has 0 N–H and O–H groups in total. The van der Waals surface area contributed by atoms with Gasteiger partial charge in [0.25, 0.3) is 0 Å². The molecule has 0 aliphatic rings. The summed E-state index contributed by atoms with van der Waals surface area (Å²) in [6, 6.07) is 11.4. The third kappa shape index (κ3) is 3.60. The van der Waals surface area contributed by atoms with Crippen molar-refractivity contribution >= 4 is 6.29 Å². The molecule has 0 saturated heterocycles. The van der Waals surface area contributed by atoms with E-state index in [9.17, 15) is 18.0 Å². The van der Waals surface area contributed by atoms with Gasteiger partial charge in [0, 0.05) is 5.56 Å². The molecule has 0 spiro atoms. The van der Waals surface area contributed by atoms with Crippen LogP contribution in [-0.4, -0.2) is 6.29 Å². The molecule has 5 heteroatoms. The summed E-state index contributed by atoms with van der Waals surface area (Å²) in [6.45, 7) is 0.100. The Hall–Kier alpha value is -2.30. The first-order valence-corrected chi connectivity index (χ1v) is 5.83. The number of ether oxygens (including phenoxy) is 1. The minimum atomic E-state index is -4.39. The maximum atomic E-state index is 12.5. The highest BCUT2D eigenvalue weighted by molar-refractivity contribution is 5.74. The number of hydrogen-bond acceptors (Lipinski definition) is 2. The van der Waals surface area contributed by atoms with E-state index in [4.69, 9.17) is 4.74 Å². The predicted molar refractivity (Wildman–Crippen MR) is 67.6 cm³/mol. The molecule has 2 aromatic carbocycles. The number of carbonyl (C=O) groups is 1. The van der Waals surface area contributed by atoms with Crippen LogP contribution < -0.4 is 4.74 Å². The van der Waals surface area contributed by atoms with Crippen LogP contribution in [0.25, 0.3) is 0 Å². The average Bonchev–Trinajstić information content (AvgIpc) is 2.45. The quantitative estimate of drug-likeness (QED) is 0.788. The lowest BCUT2D eigenvalue weighted by Crippen LogP contribution is -2.05. The standard InChI is InChI=1S/C15H11F3O2/c16-15(17,18)13-5-2-6-14(8-13)20-10-12-4-1-3-11(7-12)9-19/h1-9H,10H2. The van der Waals surface area contributed by atoms with E-state index in [2.05, 4.69) is 0 Å². The van der Waals surface area contributed by atoms with Gasteiger partial charge in [0.05, 0.1) is 5.56 Å². The van der Waals surface area contributed by atoms with Gasteiger partial charge in [-0.1, -0.05) is 24.3 Å². The normalized spacial score (nSPS) is 11.2. The van der Waals surface area contributed by atoms with Gasteiger partial charge in [0.15, 0.2) is 0 Å². The summed E-state index contributed by atoms with van der Waals surface area (Å²) in [6.07, 6.45) is -3.69. The second-order valence-corrected chi connectivity index (χ2v) is 4.18. The SMILES string of the molecule is O=Cc1cccc(COc2cccc(C(F)(F)F)c2)c1. The topological polar surface area (TPSA) is 26.3 Å². The van der Waals surface area contributed by atoms with E-state index in [1.54, 1.807) is 24.3 Å². The molecule has 0 unspecified atom stereocenters. The molecule has 0 radical (unpaired) electrons. The minimum Gasteiger partial charge on any atom is -0.489 e. The number of aldehydes is 1. The van der Waals surface area contributed by atoms with E-state index in [-0.39, 0.29) is 12.4 Å². The van der Waals surface area contributed by atoms with Gasteiger partial charge in [-0.15, -0.1) is 0 Å². The third-order valence-corrected chi connectivity index (χ3v) is 2.65. The molecule has 0 aromatic heterocycles. The van der Waals surface area contributed by atoms with Crippen LogP contribution in [-0.2, 0) is 12.8 Å². The van der Waals surface area contributed by atoms with Crippen LogP contribution in [0, 0.1) is 0 Å². The molecule has 0 aliphatic heterocycles. The van der Waals surface area contributed by atoms with Crippen LogP contribution in [0.5, 0.6) is 5.75 Å². The second kappa shape index (κ2) is 5.77. The van der Waals surface area contributed by atoms with Crippen LogP contribution in [0.4, 0.5) is 13.2 Å². The lowest BCUT2D eigenvalue weighted by molar-refractivity contribution is -0.137.